The first kappa shape index (κ1) is 14.8. The van der Waals surface area contributed by atoms with Gasteiger partial charge in [-0.05, 0) is 25.8 Å². The van der Waals surface area contributed by atoms with E-state index in [2.05, 4.69) is 0 Å². The van der Waals surface area contributed by atoms with Crippen molar-refractivity contribution in [2.24, 2.45) is 0 Å². The van der Waals surface area contributed by atoms with E-state index in [4.69, 9.17) is 9.57 Å². The van der Waals surface area contributed by atoms with Gasteiger partial charge in [-0.1, -0.05) is 30.3 Å². The first-order chi connectivity index (χ1) is 9.64. The third-order valence-electron chi connectivity index (χ3n) is 3.40. The van der Waals surface area contributed by atoms with Crippen LogP contribution in [0.4, 0.5) is 0 Å². The molecule has 0 amide bonds. The number of Topliss-reactive ketones (excluding diaryl/α,β-unsaturated/α-hetero) is 1. The Morgan fingerprint density at radius 3 is 2.75 bits per heavy atom. The summed E-state index contributed by atoms with van der Waals surface area (Å²) in [4.78, 5) is 28.7. The Hall–Kier alpha value is -1.56. The quantitative estimate of drug-likeness (QED) is 0.580. The Kier molecular flexibility index (Phi) is 4.65. The molecule has 1 aromatic carbocycles. The number of carbonyl (C=O) groups is 2. The molecule has 1 aliphatic rings. The molecule has 1 unspecified atom stereocenters. The molecule has 0 aromatic heterocycles. The van der Waals surface area contributed by atoms with Gasteiger partial charge in [0.25, 0.3) is 5.72 Å². The van der Waals surface area contributed by atoms with E-state index in [1.165, 1.54) is 12.0 Å². The van der Waals surface area contributed by atoms with Crippen LogP contribution in [0.25, 0.3) is 0 Å². The summed E-state index contributed by atoms with van der Waals surface area (Å²) >= 11 is 0. The number of rotatable bonds is 6. The summed E-state index contributed by atoms with van der Waals surface area (Å²) in [6.07, 6.45) is 1.18. The summed E-state index contributed by atoms with van der Waals surface area (Å²) in [6, 6.07) is 9.69. The lowest BCUT2D eigenvalue weighted by Crippen LogP contribution is -2.54. The maximum atomic E-state index is 11.8. The van der Waals surface area contributed by atoms with Crippen LogP contribution in [0, 0.1) is 0 Å². The van der Waals surface area contributed by atoms with E-state index in [-0.39, 0.29) is 18.4 Å². The number of ether oxygens (including phenoxy) is 1. The fourth-order valence-corrected chi connectivity index (χ4v) is 2.42. The average molecular weight is 277 g/mol. The summed E-state index contributed by atoms with van der Waals surface area (Å²) in [6.45, 7) is 3.81. The summed E-state index contributed by atoms with van der Waals surface area (Å²) in [7, 11) is 0. The van der Waals surface area contributed by atoms with E-state index in [1.54, 1.807) is 0 Å². The second kappa shape index (κ2) is 6.26. The van der Waals surface area contributed by atoms with Crippen molar-refractivity contribution in [3.8, 4) is 0 Å². The molecule has 1 heterocycles. The van der Waals surface area contributed by atoms with Gasteiger partial charge >= 0.3 is 0 Å². The maximum absolute atomic E-state index is 11.8. The number of hydrogen-bond acceptors (Lipinski definition) is 5. The smallest absolute Gasteiger partial charge is 0.259 e. The number of hydrogen-bond donors (Lipinski definition) is 0. The number of hydroxylamine groups is 2. The van der Waals surface area contributed by atoms with Crippen molar-refractivity contribution in [1.29, 1.82) is 0 Å². The number of benzene rings is 1. The molecule has 20 heavy (non-hydrogen) atoms. The first-order valence-corrected chi connectivity index (χ1v) is 6.71. The van der Waals surface area contributed by atoms with Crippen LogP contribution in [-0.4, -0.2) is 42.1 Å². The van der Waals surface area contributed by atoms with E-state index < -0.39 is 5.72 Å². The summed E-state index contributed by atoms with van der Waals surface area (Å²) in [5.41, 5.74) is -0.494. The van der Waals surface area contributed by atoms with Crippen molar-refractivity contribution in [3.05, 3.63) is 35.9 Å². The second-order valence-corrected chi connectivity index (χ2v) is 4.77. The Bertz CT molecular complexity index is 476. The average Bonchev–Trinajstić information content (AvgIpc) is 2.80. The highest BCUT2D eigenvalue weighted by Crippen LogP contribution is 2.29. The zero-order valence-electron chi connectivity index (χ0n) is 11.7. The predicted molar refractivity (Wildman–Crippen MR) is 72.8 cm³/mol. The molecule has 0 radical (unpaired) electrons. The van der Waals surface area contributed by atoms with Crippen LogP contribution in [0.15, 0.2) is 30.3 Å². The van der Waals surface area contributed by atoms with Crippen molar-refractivity contribution in [2.75, 3.05) is 13.2 Å². The van der Waals surface area contributed by atoms with Crippen LogP contribution in [-0.2, 0) is 25.6 Å². The van der Waals surface area contributed by atoms with E-state index in [9.17, 15) is 9.59 Å². The molecular weight excluding hydrogens is 258 g/mol. The largest absolute Gasteiger partial charge is 0.344 e. The predicted octanol–water partition coefficient (Wildman–Crippen LogP) is 1.37. The molecule has 1 fully saturated rings. The highest BCUT2D eigenvalue weighted by molar-refractivity contribution is 5.99. The van der Waals surface area contributed by atoms with Crippen LogP contribution in [0.1, 0.15) is 19.4 Å². The number of nitrogens with zero attached hydrogens (tertiary/aromatic N) is 1. The van der Waals surface area contributed by atoms with Crippen molar-refractivity contribution < 1.29 is 19.2 Å². The Morgan fingerprint density at radius 1 is 1.50 bits per heavy atom. The van der Waals surface area contributed by atoms with Crippen LogP contribution in [0.2, 0.25) is 0 Å². The lowest BCUT2D eigenvalue weighted by atomic mass is 10.1. The molecule has 5 heteroatoms. The highest BCUT2D eigenvalue weighted by Gasteiger charge is 2.52. The van der Waals surface area contributed by atoms with Gasteiger partial charge in [0.05, 0.1) is 19.3 Å². The minimum atomic E-state index is -1.60. The molecule has 0 N–H and O–H groups in total. The fourth-order valence-electron chi connectivity index (χ4n) is 2.42. The van der Waals surface area contributed by atoms with Crippen LogP contribution in [0.3, 0.4) is 0 Å². The molecule has 0 saturated carbocycles. The maximum Gasteiger partial charge on any atom is 0.259 e. The number of carbonyl (C=O) groups excluding carboxylic acids is 2. The summed E-state index contributed by atoms with van der Waals surface area (Å²) < 4.78 is 5.48. The van der Waals surface area contributed by atoms with Crippen molar-refractivity contribution in [2.45, 2.75) is 32.0 Å². The molecule has 108 valence electrons. The van der Waals surface area contributed by atoms with Gasteiger partial charge < -0.3 is 4.74 Å². The molecule has 1 aliphatic heterocycles. The monoisotopic (exact) mass is 277 g/mol. The van der Waals surface area contributed by atoms with Gasteiger partial charge in [0.1, 0.15) is 0 Å². The SMILES string of the molecule is CCON1[C@@H](Cc2ccccc2)COC1(C=O)C(C)=O. The minimum absolute atomic E-state index is 0.161. The van der Waals surface area contributed by atoms with Gasteiger partial charge in [-0.3, -0.25) is 14.4 Å². The third kappa shape index (κ3) is 2.65. The first-order valence-electron chi connectivity index (χ1n) is 6.71. The van der Waals surface area contributed by atoms with E-state index in [0.29, 0.717) is 19.3 Å². The molecule has 2 atom stereocenters. The molecule has 1 aromatic rings. The van der Waals surface area contributed by atoms with Gasteiger partial charge in [0, 0.05) is 0 Å². The van der Waals surface area contributed by atoms with Crippen molar-refractivity contribution in [3.63, 3.8) is 0 Å². The van der Waals surface area contributed by atoms with Crippen LogP contribution >= 0.6 is 0 Å². The molecule has 0 bridgehead atoms. The molecule has 0 spiro atoms. The molecule has 0 aliphatic carbocycles. The Labute approximate surface area is 118 Å². The lowest BCUT2D eigenvalue weighted by molar-refractivity contribution is -0.245. The topological polar surface area (TPSA) is 55.8 Å². The van der Waals surface area contributed by atoms with Crippen LogP contribution < -0.4 is 0 Å². The highest BCUT2D eigenvalue weighted by atomic mass is 16.7. The van der Waals surface area contributed by atoms with Gasteiger partial charge in [0.15, 0.2) is 12.1 Å². The zero-order valence-corrected chi connectivity index (χ0v) is 11.7. The number of ketones is 1. The minimum Gasteiger partial charge on any atom is -0.344 e. The molecule has 1 saturated heterocycles. The second-order valence-electron chi connectivity index (χ2n) is 4.77. The fraction of sp³-hybridized carbons (Fsp3) is 0.467. The Morgan fingerprint density at radius 2 is 2.20 bits per heavy atom. The van der Waals surface area contributed by atoms with E-state index >= 15 is 0 Å². The van der Waals surface area contributed by atoms with Gasteiger partial charge in [-0.2, -0.15) is 0 Å². The zero-order chi connectivity index (χ0) is 14.6. The van der Waals surface area contributed by atoms with Gasteiger partial charge in [-0.25, -0.2) is 0 Å². The van der Waals surface area contributed by atoms with Gasteiger partial charge in [0.2, 0.25) is 0 Å². The van der Waals surface area contributed by atoms with Gasteiger partial charge in [-0.15, -0.1) is 5.06 Å². The molecule has 2 rings (SSSR count). The van der Waals surface area contributed by atoms with Crippen LogP contribution in [0.5, 0.6) is 0 Å². The summed E-state index contributed by atoms with van der Waals surface area (Å²) in [5, 5.41) is 1.41. The van der Waals surface area contributed by atoms with Crippen molar-refractivity contribution >= 4 is 12.1 Å². The summed E-state index contributed by atoms with van der Waals surface area (Å²) in [5.74, 6) is -0.364. The lowest BCUT2D eigenvalue weighted by Gasteiger charge is -2.31. The third-order valence-corrected chi connectivity index (χ3v) is 3.40. The van der Waals surface area contributed by atoms with E-state index in [1.807, 2.05) is 37.3 Å². The van der Waals surface area contributed by atoms with E-state index in [0.717, 1.165) is 5.56 Å². The number of aldehydes is 1. The molecular formula is C15H19NO4. The van der Waals surface area contributed by atoms with Crippen molar-refractivity contribution in [1.82, 2.24) is 5.06 Å². The normalized spacial score (nSPS) is 26.6. The molecule has 5 nitrogen and oxygen atoms in total. The standard InChI is InChI=1S/C15H19NO4/c1-3-20-16-14(9-13-7-5-4-6-8-13)10-19-15(16,11-17)12(2)18/h4-8,11,14H,3,9-10H2,1-2H3/t14-,15?/m0/s1. The Balaban J connectivity index is 2.22.